The van der Waals surface area contributed by atoms with Gasteiger partial charge in [0.05, 0.1) is 18.6 Å². The summed E-state index contributed by atoms with van der Waals surface area (Å²) in [5.41, 5.74) is 2.52. The Balaban J connectivity index is 1.45. The Hall–Kier alpha value is -3.30. The van der Waals surface area contributed by atoms with Gasteiger partial charge >= 0.3 is 5.97 Å². The Morgan fingerprint density at radius 1 is 1.16 bits per heavy atom. The molecule has 32 heavy (non-hydrogen) atoms. The summed E-state index contributed by atoms with van der Waals surface area (Å²) in [6.45, 7) is 4.25. The van der Waals surface area contributed by atoms with Gasteiger partial charge < -0.3 is 9.84 Å². The van der Waals surface area contributed by atoms with E-state index >= 15 is 0 Å². The van der Waals surface area contributed by atoms with Crippen molar-refractivity contribution in [3.05, 3.63) is 59.7 Å². The quantitative estimate of drug-likeness (QED) is 0.560. The second-order valence-electron chi connectivity index (χ2n) is 7.57. The number of ether oxygens (including phenoxy) is 1. The van der Waals surface area contributed by atoms with Gasteiger partial charge in [-0.1, -0.05) is 47.7 Å². The lowest BCUT2D eigenvalue weighted by molar-refractivity contribution is -0.147. The summed E-state index contributed by atoms with van der Waals surface area (Å²) in [4.78, 5) is 27.7. The van der Waals surface area contributed by atoms with Gasteiger partial charge in [-0.2, -0.15) is 0 Å². The molecule has 0 saturated carbocycles. The number of methoxy groups -OCH3 is 1. The molecule has 4 rings (SSSR count). The molecule has 8 nitrogen and oxygen atoms in total. The number of carbonyl (C=O) groups excluding carboxylic acids is 1. The number of aromatic nitrogens is 2. The molecule has 1 aromatic heterocycles. The second kappa shape index (κ2) is 9.46. The molecule has 0 bridgehead atoms. The highest BCUT2D eigenvalue weighted by molar-refractivity contribution is 7.18. The van der Waals surface area contributed by atoms with Crippen molar-refractivity contribution in [1.82, 2.24) is 15.1 Å². The van der Waals surface area contributed by atoms with Crippen LogP contribution >= 0.6 is 11.3 Å². The van der Waals surface area contributed by atoms with Gasteiger partial charge in [-0.05, 0) is 24.6 Å². The van der Waals surface area contributed by atoms with E-state index in [1.54, 1.807) is 30.2 Å². The largest absolute Gasteiger partial charge is 0.496 e. The Morgan fingerprint density at radius 3 is 2.53 bits per heavy atom. The molecule has 1 aliphatic rings. The van der Waals surface area contributed by atoms with Crippen molar-refractivity contribution >= 4 is 28.3 Å². The first-order valence-electron chi connectivity index (χ1n) is 10.3. The molecule has 3 aromatic rings. The Labute approximate surface area is 190 Å². The minimum Gasteiger partial charge on any atom is -0.496 e. The average molecular weight is 453 g/mol. The highest BCUT2D eigenvalue weighted by Crippen LogP contribution is 2.31. The lowest BCUT2D eigenvalue weighted by Crippen LogP contribution is -2.49. The summed E-state index contributed by atoms with van der Waals surface area (Å²) < 4.78 is 5.33. The van der Waals surface area contributed by atoms with Crippen molar-refractivity contribution in [2.75, 3.05) is 31.6 Å². The van der Waals surface area contributed by atoms with Crippen LogP contribution < -0.4 is 9.64 Å². The molecule has 0 aliphatic carbocycles. The van der Waals surface area contributed by atoms with Gasteiger partial charge in [-0.25, -0.2) is 0 Å². The van der Waals surface area contributed by atoms with E-state index in [0.717, 1.165) is 22.7 Å². The van der Waals surface area contributed by atoms with Gasteiger partial charge in [-0.3, -0.25) is 19.4 Å². The predicted octanol–water partition coefficient (Wildman–Crippen LogP) is 3.40. The monoisotopic (exact) mass is 452 g/mol. The van der Waals surface area contributed by atoms with Gasteiger partial charge in [0, 0.05) is 31.7 Å². The van der Waals surface area contributed by atoms with Gasteiger partial charge in [-0.15, -0.1) is 10.2 Å². The minimum absolute atomic E-state index is 0.183. The van der Waals surface area contributed by atoms with Crippen LogP contribution in [0.2, 0.25) is 0 Å². The fourth-order valence-electron chi connectivity index (χ4n) is 3.64. The van der Waals surface area contributed by atoms with Crippen LogP contribution in [0.15, 0.2) is 48.5 Å². The number of anilines is 1. The molecule has 9 heteroatoms. The maximum Gasteiger partial charge on any atom is 0.309 e. The summed E-state index contributed by atoms with van der Waals surface area (Å²) in [6.07, 6.45) is 0. The number of benzene rings is 2. The van der Waals surface area contributed by atoms with Crippen molar-refractivity contribution in [3.8, 4) is 16.3 Å². The van der Waals surface area contributed by atoms with E-state index in [-0.39, 0.29) is 11.8 Å². The molecule has 0 spiro atoms. The highest BCUT2D eigenvalue weighted by atomic mass is 32.1. The molecule has 1 amide bonds. The number of nitrogens with zero attached hydrogens (tertiary/aromatic N) is 4. The first kappa shape index (κ1) is 21.9. The zero-order valence-corrected chi connectivity index (χ0v) is 18.7. The number of carboxylic acid groups (broad SMARTS) is 1. The van der Waals surface area contributed by atoms with E-state index in [4.69, 9.17) is 9.84 Å². The van der Waals surface area contributed by atoms with Crippen LogP contribution in [0.4, 0.5) is 5.13 Å². The van der Waals surface area contributed by atoms with E-state index in [0.29, 0.717) is 36.1 Å². The highest BCUT2D eigenvalue weighted by Gasteiger charge is 2.32. The smallest absolute Gasteiger partial charge is 0.309 e. The van der Waals surface area contributed by atoms with Gasteiger partial charge in [0.15, 0.2) is 0 Å². The summed E-state index contributed by atoms with van der Waals surface area (Å²) in [5.74, 6) is -0.645. The van der Waals surface area contributed by atoms with Crippen molar-refractivity contribution in [1.29, 1.82) is 0 Å². The van der Waals surface area contributed by atoms with Crippen LogP contribution in [0.1, 0.15) is 22.8 Å². The number of carboxylic acids is 1. The number of rotatable bonds is 8. The van der Waals surface area contributed by atoms with Crippen molar-refractivity contribution in [2.45, 2.75) is 13.5 Å². The number of hydrogen-bond acceptors (Lipinski definition) is 7. The second-order valence-corrected chi connectivity index (χ2v) is 8.52. The molecule has 1 N–H and O–H groups in total. The molecular formula is C23H24N4O4S. The molecule has 2 heterocycles. The zero-order chi connectivity index (χ0) is 22.7. The van der Waals surface area contributed by atoms with Crippen molar-refractivity contribution in [2.24, 2.45) is 5.92 Å². The molecule has 1 fully saturated rings. The number of aliphatic carboxylic acids is 1. The predicted molar refractivity (Wildman–Crippen MR) is 122 cm³/mol. The molecule has 0 atom stereocenters. The summed E-state index contributed by atoms with van der Waals surface area (Å²) >= 11 is 1.36. The lowest BCUT2D eigenvalue weighted by atomic mass is 9.99. The van der Waals surface area contributed by atoms with Gasteiger partial charge in [0.2, 0.25) is 5.13 Å². The molecule has 166 valence electrons. The van der Waals surface area contributed by atoms with Crippen LogP contribution in [0, 0.1) is 5.92 Å². The maximum absolute atomic E-state index is 13.1. The van der Waals surface area contributed by atoms with Crippen LogP contribution in [-0.2, 0) is 11.3 Å². The van der Waals surface area contributed by atoms with E-state index < -0.39 is 5.97 Å². The molecular weight excluding hydrogens is 428 g/mol. The minimum atomic E-state index is -0.728. The zero-order valence-electron chi connectivity index (χ0n) is 17.9. The lowest BCUT2D eigenvalue weighted by Gasteiger charge is -2.36. The number of para-hydroxylation sites is 1. The van der Waals surface area contributed by atoms with Crippen LogP contribution in [0.3, 0.4) is 0 Å². The topological polar surface area (TPSA) is 95.9 Å². The number of carbonyl (C=O) groups is 2. The van der Waals surface area contributed by atoms with E-state index in [1.807, 2.05) is 37.3 Å². The van der Waals surface area contributed by atoms with Crippen LogP contribution in [-0.4, -0.2) is 58.8 Å². The molecule has 1 aliphatic heterocycles. The van der Waals surface area contributed by atoms with E-state index in [9.17, 15) is 9.59 Å². The van der Waals surface area contributed by atoms with Gasteiger partial charge in [0.1, 0.15) is 10.8 Å². The third-order valence-electron chi connectivity index (χ3n) is 5.46. The Bertz CT molecular complexity index is 1110. The first-order valence-corrected chi connectivity index (χ1v) is 11.1. The van der Waals surface area contributed by atoms with Crippen molar-refractivity contribution < 1.29 is 19.4 Å². The Morgan fingerprint density at radius 2 is 1.88 bits per heavy atom. The number of hydrogen-bond donors (Lipinski definition) is 1. The van der Waals surface area contributed by atoms with E-state index in [2.05, 4.69) is 15.1 Å². The normalized spacial score (nSPS) is 14.1. The summed E-state index contributed by atoms with van der Waals surface area (Å²) in [7, 11) is 1.54. The van der Waals surface area contributed by atoms with Gasteiger partial charge in [0.25, 0.3) is 5.91 Å². The number of amides is 1. The molecule has 0 radical (unpaired) electrons. The SMILES string of the molecule is CCN(C(=O)c1ccccc1OC)c1nnc(-c2ccc(CN3CC(C(=O)O)C3)cc2)s1. The molecule has 2 aromatic carbocycles. The fraction of sp³-hybridized carbons (Fsp3) is 0.304. The van der Waals surface area contributed by atoms with Crippen LogP contribution in [0.25, 0.3) is 10.6 Å². The summed E-state index contributed by atoms with van der Waals surface area (Å²) in [6, 6.07) is 15.1. The number of likely N-dealkylation sites (tertiary alicyclic amines) is 1. The van der Waals surface area contributed by atoms with E-state index in [1.165, 1.54) is 11.3 Å². The molecule has 1 saturated heterocycles. The fourth-order valence-corrected chi connectivity index (χ4v) is 4.55. The standard InChI is InChI=1S/C23H24N4O4S/c1-3-27(21(28)18-6-4-5-7-19(18)31-2)23-25-24-20(32-23)16-10-8-15(9-11-16)12-26-13-17(14-26)22(29)30/h4-11,17H,3,12-14H2,1-2H3,(H,29,30). The van der Waals surface area contributed by atoms with Crippen molar-refractivity contribution in [3.63, 3.8) is 0 Å². The first-order chi connectivity index (χ1) is 15.5. The average Bonchev–Trinajstić information content (AvgIpc) is 3.26. The third-order valence-corrected chi connectivity index (χ3v) is 6.45. The third kappa shape index (κ3) is 4.49. The molecule has 0 unspecified atom stereocenters. The maximum atomic E-state index is 13.1. The summed E-state index contributed by atoms with van der Waals surface area (Å²) in [5, 5.41) is 18.8. The Kier molecular flexibility index (Phi) is 6.48. The van der Waals surface area contributed by atoms with Crippen LogP contribution in [0.5, 0.6) is 5.75 Å².